The standard InChI is InChI=1S/C21H24F3N3O3/c22-21(23,24)17-16-15(30-19(17)20(28)29)4-3-14-11-27(25-18(14)16)10-13-5-7-26(8-6-13)9-12-1-2-12/h11-13H,1-10H2,(H,28,29). The Hall–Kier alpha value is -2.29. The topological polar surface area (TPSA) is 71.5 Å². The Bertz CT molecular complexity index is 966. The Labute approximate surface area is 171 Å². The summed E-state index contributed by atoms with van der Waals surface area (Å²) in [5, 5.41) is 13.7. The van der Waals surface area contributed by atoms with Crippen molar-refractivity contribution in [1.29, 1.82) is 0 Å². The fourth-order valence-corrected chi connectivity index (χ4v) is 4.81. The van der Waals surface area contributed by atoms with E-state index in [-0.39, 0.29) is 23.4 Å². The summed E-state index contributed by atoms with van der Waals surface area (Å²) in [6.45, 7) is 3.99. The number of likely N-dealkylation sites (tertiary alicyclic amines) is 1. The smallest absolute Gasteiger partial charge is 0.421 e. The van der Waals surface area contributed by atoms with Gasteiger partial charge in [-0.1, -0.05) is 0 Å². The number of hydrogen-bond acceptors (Lipinski definition) is 4. The lowest BCUT2D eigenvalue weighted by molar-refractivity contribution is -0.138. The summed E-state index contributed by atoms with van der Waals surface area (Å²) >= 11 is 0. The Morgan fingerprint density at radius 3 is 2.47 bits per heavy atom. The van der Waals surface area contributed by atoms with Crippen molar-refractivity contribution in [3.05, 3.63) is 28.8 Å². The second kappa shape index (κ2) is 7.14. The molecule has 0 spiro atoms. The van der Waals surface area contributed by atoms with Crippen LogP contribution in [0, 0.1) is 11.8 Å². The van der Waals surface area contributed by atoms with Crippen LogP contribution < -0.4 is 0 Å². The lowest BCUT2D eigenvalue weighted by Gasteiger charge is -2.31. The number of hydrogen-bond donors (Lipinski definition) is 1. The van der Waals surface area contributed by atoms with Crippen molar-refractivity contribution in [2.24, 2.45) is 11.8 Å². The number of aryl methyl sites for hydroxylation is 2. The van der Waals surface area contributed by atoms with Gasteiger partial charge in [-0.15, -0.1) is 0 Å². The monoisotopic (exact) mass is 423 g/mol. The third-order valence-corrected chi connectivity index (χ3v) is 6.52. The lowest BCUT2D eigenvalue weighted by atomic mass is 9.93. The van der Waals surface area contributed by atoms with E-state index >= 15 is 0 Å². The van der Waals surface area contributed by atoms with Gasteiger partial charge in [-0.3, -0.25) is 4.68 Å². The third-order valence-electron chi connectivity index (χ3n) is 6.52. The van der Waals surface area contributed by atoms with Gasteiger partial charge in [-0.25, -0.2) is 4.79 Å². The van der Waals surface area contributed by atoms with Gasteiger partial charge in [-0.2, -0.15) is 18.3 Å². The number of aromatic carboxylic acids is 1. The van der Waals surface area contributed by atoms with E-state index in [4.69, 9.17) is 4.42 Å². The van der Waals surface area contributed by atoms with Crippen LogP contribution in [0.15, 0.2) is 10.6 Å². The van der Waals surface area contributed by atoms with Crippen molar-refractivity contribution >= 4 is 5.97 Å². The summed E-state index contributed by atoms with van der Waals surface area (Å²) in [6, 6.07) is 0. The maximum absolute atomic E-state index is 13.7. The molecule has 2 aliphatic carbocycles. The largest absolute Gasteiger partial charge is 0.475 e. The number of fused-ring (bicyclic) bond motifs is 3. The molecular formula is C21H24F3N3O3. The van der Waals surface area contributed by atoms with Crippen molar-refractivity contribution in [2.75, 3.05) is 19.6 Å². The predicted molar refractivity (Wildman–Crippen MR) is 101 cm³/mol. The number of nitrogens with zero attached hydrogens (tertiary/aromatic N) is 3. The summed E-state index contributed by atoms with van der Waals surface area (Å²) in [4.78, 5) is 13.9. The van der Waals surface area contributed by atoms with E-state index in [0.717, 1.165) is 37.4 Å². The highest BCUT2D eigenvalue weighted by Gasteiger charge is 2.45. The van der Waals surface area contributed by atoms with Crippen LogP contribution in [0.4, 0.5) is 13.2 Å². The average molecular weight is 423 g/mol. The summed E-state index contributed by atoms with van der Waals surface area (Å²) in [6.07, 6.45) is 2.54. The van der Waals surface area contributed by atoms with E-state index in [0.29, 0.717) is 18.9 Å². The van der Waals surface area contributed by atoms with E-state index in [1.807, 2.05) is 6.20 Å². The third kappa shape index (κ3) is 3.64. The molecule has 0 aromatic carbocycles. The highest BCUT2D eigenvalue weighted by Crippen LogP contribution is 2.46. The maximum atomic E-state index is 13.7. The fraction of sp³-hybridized carbons (Fsp3) is 0.619. The molecule has 0 bridgehead atoms. The molecule has 3 heterocycles. The van der Waals surface area contributed by atoms with Crippen LogP contribution in [0.5, 0.6) is 0 Å². The minimum absolute atomic E-state index is 0.0610. The molecule has 162 valence electrons. The predicted octanol–water partition coefficient (Wildman–Crippen LogP) is 4.08. The first-order valence-electron chi connectivity index (χ1n) is 10.5. The van der Waals surface area contributed by atoms with Gasteiger partial charge in [0.25, 0.3) is 0 Å². The van der Waals surface area contributed by atoms with Gasteiger partial charge in [-0.05, 0) is 62.6 Å². The van der Waals surface area contributed by atoms with Gasteiger partial charge in [0.05, 0.1) is 11.3 Å². The van der Waals surface area contributed by atoms with Crippen LogP contribution in [0.1, 0.15) is 53.1 Å². The molecule has 0 amide bonds. The van der Waals surface area contributed by atoms with Crippen LogP contribution in [-0.2, 0) is 25.6 Å². The number of rotatable bonds is 5. The normalized spacial score (nSPS) is 20.2. The molecule has 6 nitrogen and oxygen atoms in total. The van der Waals surface area contributed by atoms with Crippen LogP contribution in [-0.4, -0.2) is 45.4 Å². The summed E-state index contributed by atoms with van der Waals surface area (Å²) in [5.74, 6) is -1.37. The number of aromatic nitrogens is 2. The van der Waals surface area contributed by atoms with Gasteiger partial charge < -0.3 is 14.4 Å². The average Bonchev–Trinajstić information content (AvgIpc) is 3.24. The van der Waals surface area contributed by atoms with E-state index in [1.165, 1.54) is 19.4 Å². The molecule has 9 heteroatoms. The molecule has 2 fully saturated rings. The molecule has 3 aliphatic rings. The van der Waals surface area contributed by atoms with E-state index in [2.05, 4.69) is 10.00 Å². The zero-order chi connectivity index (χ0) is 21.0. The number of carboxylic acids is 1. The van der Waals surface area contributed by atoms with Gasteiger partial charge in [0.2, 0.25) is 5.76 Å². The van der Waals surface area contributed by atoms with Gasteiger partial charge in [0.15, 0.2) is 0 Å². The second-order valence-corrected chi connectivity index (χ2v) is 8.82. The van der Waals surface area contributed by atoms with Gasteiger partial charge >= 0.3 is 12.1 Å². The van der Waals surface area contributed by atoms with Crippen molar-refractivity contribution in [3.63, 3.8) is 0 Å². The lowest BCUT2D eigenvalue weighted by Crippen LogP contribution is -2.36. The molecule has 2 aromatic heterocycles. The molecule has 1 aliphatic heterocycles. The first-order valence-corrected chi connectivity index (χ1v) is 10.5. The quantitative estimate of drug-likeness (QED) is 0.785. The van der Waals surface area contributed by atoms with E-state index in [9.17, 15) is 23.1 Å². The number of piperidine rings is 1. The maximum Gasteiger partial charge on any atom is 0.421 e. The minimum Gasteiger partial charge on any atom is -0.475 e. The van der Waals surface area contributed by atoms with Crippen LogP contribution in [0.3, 0.4) is 0 Å². The van der Waals surface area contributed by atoms with E-state index < -0.39 is 23.5 Å². The number of furan rings is 1. The molecule has 2 aromatic rings. The Morgan fingerprint density at radius 2 is 1.83 bits per heavy atom. The number of carboxylic acid groups (broad SMARTS) is 1. The molecule has 30 heavy (non-hydrogen) atoms. The van der Waals surface area contributed by atoms with Gasteiger partial charge in [0, 0.05) is 25.7 Å². The fourth-order valence-electron chi connectivity index (χ4n) is 4.81. The molecule has 1 saturated carbocycles. The highest BCUT2D eigenvalue weighted by atomic mass is 19.4. The van der Waals surface area contributed by atoms with Crippen molar-refractivity contribution in [3.8, 4) is 11.3 Å². The first-order chi connectivity index (χ1) is 14.3. The molecule has 5 rings (SSSR count). The second-order valence-electron chi connectivity index (χ2n) is 8.82. The van der Waals surface area contributed by atoms with Crippen molar-refractivity contribution in [2.45, 2.75) is 51.2 Å². The van der Waals surface area contributed by atoms with E-state index in [1.54, 1.807) is 4.68 Å². The molecule has 0 radical (unpaired) electrons. The zero-order valence-electron chi connectivity index (χ0n) is 16.5. The van der Waals surface area contributed by atoms with Crippen molar-refractivity contribution in [1.82, 2.24) is 14.7 Å². The molecule has 0 unspecified atom stereocenters. The Balaban J connectivity index is 1.37. The van der Waals surface area contributed by atoms with Crippen LogP contribution in [0.25, 0.3) is 11.3 Å². The summed E-state index contributed by atoms with van der Waals surface area (Å²) < 4.78 is 47.9. The molecule has 1 N–H and O–H groups in total. The minimum atomic E-state index is -4.82. The number of carbonyl (C=O) groups is 1. The highest BCUT2D eigenvalue weighted by molar-refractivity contribution is 5.90. The van der Waals surface area contributed by atoms with Gasteiger partial charge in [0.1, 0.15) is 11.3 Å². The van der Waals surface area contributed by atoms with Crippen LogP contribution >= 0.6 is 0 Å². The Kier molecular flexibility index (Phi) is 4.68. The Morgan fingerprint density at radius 1 is 1.13 bits per heavy atom. The molecule has 1 saturated heterocycles. The summed E-state index contributed by atoms with van der Waals surface area (Å²) in [7, 11) is 0. The zero-order valence-corrected chi connectivity index (χ0v) is 16.5. The molecule has 0 atom stereocenters. The summed E-state index contributed by atoms with van der Waals surface area (Å²) in [5.41, 5.74) is -0.480. The number of halogens is 3. The SMILES string of the molecule is O=C(O)c1oc2c(c1C(F)(F)F)-c1nn(CC3CCN(CC4CC4)CC3)cc1CC2. The first kappa shape index (κ1) is 19.7. The van der Waals surface area contributed by atoms with Crippen molar-refractivity contribution < 1.29 is 27.5 Å². The van der Waals surface area contributed by atoms with Crippen LogP contribution in [0.2, 0.25) is 0 Å². The molecular weight excluding hydrogens is 399 g/mol. The number of alkyl halides is 3.